The van der Waals surface area contributed by atoms with Crippen molar-refractivity contribution in [3.05, 3.63) is 138 Å². The number of rotatable bonds is 13. The summed E-state index contributed by atoms with van der Waals surface area (Å²) in [6, 6.07) is 28.7. The summed E-state index contributed by atoms with van der Waals surface area (Å²) in [6.07, 6.45) is 8.74. The molecule has 0 atom stereocenters. The molecule has 0 radical (unpaired) electrons. The quantitative estimate of drug-likeness (QED) is 0.156. The summed E-state index contributed by atoms with van der Waals surface area (Å²) < 4.78 is 38.5. The molecule has 1 N–H and O–H groups in total. The number of hydrogen-bond acceptors (Lipinski definition) is 8. The van der Waals surface area contributed by atoms with Gasteiger partial charge in [-0.05, 0) is 71.6 Å². The van der Waals surface area contributed by atoms with Gasteiger partial charge in [-0.3, -0.25) is 14.7 Å². The summed E-state index contributed by atoms with van der Waals surface area (Å²) >= 11 is 0. The van der Waals surface area contributed by atoms with E-state index < -0.39 is 10.0 Å². The van der Waals surface area contributed by atoms with Crippen LogP contribution < -0.4 is 19.1 Å². The van der Waals surface area contributed by atoms with Crippen LogP contribution in [0, 0.1) is 18.3 Å². The monoisotopic (exact) mass is 619 g/mol. The molecule has 9 nitrogen and oxygen atoms in total. The van der Waals surface area contributed by atoms with Gasteiger partial charge in [0, 0.05) is 43.7 Å². The summed E-state index contributed by atoms with van der Waals surface area (Å²) in [7, 11) is -3.45. The molecule has 0 amide bonds. The second-order valence-corrected chi connectivity index (χ2v) is 12.3. The number of pyridine rings is 2. The van der Waals surface area contributed by atoms with Crippen LogP contribution in [0.1, 0.15) is 27.8 Å². The van der Waals surface area contributed by atoms with Crippen molar-refractivity contribution in [2.75, 3.05) is 22.5 Å². The average Bonchev–Trinajstić information content (AvgIpc) is 3.03. The van der Waals surface area contributed by atoms with Crippen LogP contribution in [0.2, 0.25) is 0 Å². The maximum Gasteiger partial charge on any atom is 0.229 e. The highest BCUT2D eigenvalue weighted by Gasteiger charge is 2.15. The highest BCUT2D eigenvalue weighted by atomic mass is 32.2. The van der Waals surface area contributed by atoms with Crippen molar-refractivity contribution in [1.82, 2.24) is 9.97 Å². The molecule has 5 rings (SSSR count). The molecular weight excluding hydrogens is 586 g/mol. The van der Waals surface area contributed by atoms with E-state index >= 15 is 0 Å². The van der Waals surface area contributed by atoms with E-state index in [-0.39, 0.29) is 0 Å². The molecule has 2 aromatic heterocycles. The van der Waals surface area contributed by atoms with E-state index in [1.54, 1.807) is 36.8 Å². The van der Waals surface area contributed by atoms with Crippen molar-refractivity contribution in [1.29, 1.82) is 5.26 Å². The van der Waals surface area contributed by atoms with Crippen LogP contribution in [-0.4, -0.2) is 31.2 Å². The molecule has 0 saturated heterocycles. The minimum atomic E-state index is -3.45. The zero-order chi connectivity index (χ0) is 31.6. The molecule has 0 fully saturated rings. The molecule has 5 aromatic rings. The first-order valence-corrected chi connectivity index (χ1v) is 16.2. The predicted octanol–water partition coefficient (Wildman–Crippen LogP) is 6.65. The van der Waals surface area contributed by atoms with Crippen molar-refractivity contribution >= 4 is 21.4 Å². The smallest absolute Gasteiger partial charge is 0.229 e. The van der Waals surface area contributed by atoms with Crippen molar-refractivity contribution in [3.8, 4) is 23.3 Å². The van der Waals surface area contributed by atoms with Crippen LogP contribution >= 0.6 is 0 Å². The van der Waals surface area contributed by atoms with Gasteiger partial charge < -0.3 is 14.4 Å². The Morgan fingerprint density at radius 2 is 1.53 bits per heavy atom. The Kier molecular flexibility index (Phi) is 9.92. The van der Waals surface area contributed by atoms with E-state index in [0.717, 1.165) is 40.6 Å². The Morgan fingerprint density at radius 3 is 2.20 bits per heavy atom. The number of nitriles is 1. The van der Waals surface area contributed by atoms with Gasteiger partial charge in [0.25, 0.3) is 0 Å². The van der Waals surface area contributed by atoms with Gasteiger partial charge in [0.05, 0.1) is 42.6 Å². The second kappa shape index (κ2) is 14.4. The first-order valence-electron chi connectivity index (χ1n) is 14.3. The fourth-order valence-corrected chi connectivity index (χ4v) is 5.41. The van der Waals surface area contributed by atoms with Crippen LogP contribution in [0.5, 0.6) is 17.2 Å². The molecule has 228 valence electrons. The molecule has 45 heavy (non-hydrogen) atoms. The van der Waals surface area contributed by atoms with E-state index in [1.165, 1.54) is 0 Å². The fourth-order valence-electron chi connectivity index (χ4n) is 4.79. The highest BCUT2D eigenvalue weighted by molar-refractivity contribution is 7.92. The molecular formula is C35H33N5O4S. The van der Waals surface area contributed by atoms with Gasteiger partial charge >= 0.3 is 0 Å². The van der Waals surface area contributed by atoms with E-state index in [0.29, 0.717) is 48.2 Å². The van der Waals surface area contributed by atoms with E-state index in [4.69, 9.17) is 9.47 Å². The van der Waals surface area contributed by atoms with Crippen LogP contribution in [-0.2, 0) is 29.5 Å². The molecule has 0 aliphatic rings. The third-order valence-electron chi connectivity index (χ3n) is 7.00. The number of ether oxygens (including phenoxy) is 2. The number of nitrogens with one attached hydrogen (secondary N) is 1. The number of benzene rings is 3. The molecule has 0 spiro atoms. The number of sulfonamides is 1. The summed E-state index contributed by atoms with van der Waals surface area (Å²) in [5, 5.41) is 9.21. The lowest BCUT2D eigenvalue weighted by molar-refractivity contribution is 0.318. The zero-order valence-corrected chi connectivity index (χ0v) is 25.9. The van der Waals surface area contributed by atoms with Gasteiger partial charge in [0.1, 0.15) is 17.2 Å². The Labute approximate surface area is 263 Å². The van der Waals surface area contributed by atoms with Crippen molar-refractivity contribution in [3.63, 3.8) is 0 Å². The van der Waals surface area contributed by atoms with Crippen molar-refractivity contribution in [2.24, 2.45) is 0 Å². The Morgan fingerprint density at radius 1 is 0.822 bits per heavy atom. The Bertz CT molecular complexity index is 1880. The molecule has 0 aliphatic heterocycles. The normalized spacial score (nSPS) is 11.0. The first-order chi connectivity index (χ1) is 21.8. The molecule has 2 heterocycles. The topological polar surface area (TPSA) is 117 Å². The summed E-state index contributed by atoms with van der Waals surface area (Å²) in [5.74, 6) is 1.84. The molecule has 10 heteroatoms. The van der Waals surface area contributed by atoms with Gasteiger partial charge in [-0.2, -0.15) is 5.26 Å². The Hall–Kier alpha value is -5.40. The number of aromatic nitrogens is 2. The van der Waals surface area contributed by atoms with Gasteiger partial charge in [0.15, 0.2) is 0 Å². The first kappa shape index (κ1) is 31.0. The van der Waals surface area contributed by atoms with Crippen LogP contribution in [0.15, 0.2) is 110 Å². The minimum Gasteiger partial charge on any atom is -0.491 e. The average molecular weight is 620 g/mol. The maximum absolute atomic E-state index is 12.0. The largest absolute Gasteiger partial charge is 0.491 e. The van der Waals surface area contributed by atoms with Crippen molar-refractivity contribution < 1.29 is 17.9 Å². The van der Waals surface area contributed by atoms with Gasteiger partial charge in [-0.25, -0.2) is 8.42 Å². The van der Waals surface area contributed by atoms with Crippen LogP contribution in [0.25, 0.3) is 0 Å². The summed E-state index contributed by atoms with van der Waals surface area (Å²) in [4.78, 5) is 10.6. The number of anilines is 2. The maximum atomic E-state index is 12.0. The van der Waals surface area contributed by atoms with Crippen molar-refractivity contribution in [2.45, 2.75) is 26.4 Å². The molecule has 0 aliphatic carbocycles. The van der Waals surface area contributed by atoms with Gasteiger partial charge in [0.2, 0.25) is 10.0 Å². The zero-order valence-electron chi connectivity index (χ0n) is 25.1. The van der Waals surface area contributed by atoms with Crippen LogP contribution in [0.3, 0.4) is 0 Å². The standard InChI is InChI=1S/C35H33N5O4S/c1-26-34(39-45(2,41)42)6-3-7-35(26)40(24-29-10-8-27(20-36)9-11-29)25-30-12-14-31(15-13-30)44-33-19-32(22-38-23-33)43-18-16-28-5-4-17-37-21-28/h3-15,17,19,21-23,39H,16,18,24-25H2,1-2H3. The molecule has 3 aromatic carbocycles. The fraction of sp³-hybridized carbons (Fsp3) is 0.171. The molecule has 0 saturated carbocycles. The minimum absolute atomic E-state index is 0.497. The van der Waals surface area contributed by atoms with Crippen LogP contribution in [0.4, 0.5) is 11.4 Å². The van der Waals surface area contributed by atoms with E-state index in [2.05, 4.69) is 25.7 Å². The summed E-state index contributed by atoms with van der Waals surface area (Å²) in [6.45, 7) is 3.49. The number of hydrogen-bond donors (Lipinski definition) is 1. The van der Waals surface area contributed by atoms with E-state index in [9.17, 15) is 13.7 Å². The van der Waals surface area contributed by atoms with E-state index in [1.807, 2.05) is 79.9 Å². The third-order valence-corrected chi connectivity index (χ3v) is 7.59. The lowest BCUT2D eigenvalue weighted by Gasteiger charge is -2.28. The molecule has 0 bridgehead atoms. The predicted molar refractivity (Wildman–Crippen MR) is 175 cm³/mol. The third kappa shape index (κ3) is 9.05. The lowest BCUT2D eigenvalue weighted by Crippen LogP contribution is -2.23. The van der Waals surface area contributed by atoms with Gasteiger partial charge in [-0.1, -0.05) is 36.4 Å². The summed E-state index contributed by atoms with van der Waals surface area (Å²) in [5.41, 5.74) is 5.97. The SMILES string of the molecule is Cc1c(NS(C)(=O)=O)cccc1N(Cc1ccc(C#N)cc1)Cc1ccc(Oc2cncc(OCCc3cccnc3)c2)cc1. The lowest BCUT2D eigenvalue weighted by atomic mass is 10.1. The Balaban J connectivity index is 1.30. The van der Waals surface area contributed by atoms with Gasteiger partial charge in [-0.15, -0.1) is 0 Å². The second-order valence-electron chi connectivity index (χ2n) is 10.6. The number of nitrogens with zero attached hydrogens (tertiary/aromatic N) is 4. The molecule has 0 unspecified atom stereocenters. The highest BCUT2D eigenvalue weighted by Crippen LogP contribution is 2.31.